The zero-order valence-corrected chi connectivity index (χ0v) is 13.8. The van der Waals surface area contributed by atoms with Gasteiger partial charge in [-0.3, -0.25) is 4.79 Å². The molecule has 0 saturated heterocycles. The van der Waals surface area contributed by atoms with E-state index in [1.54, 1.807) is 51.8 Å². The van der Waals surface area contributed by atoms with Gasteiger partial charge in [-0.15, -0.1) is 0 Å². The lowest BCUT2D eigenvalue weighted by atomic mass is 10.1. The van der Waals surface area contributed by atoms with Crippen LogP contribution in [-0.4, -0.2) is 14.2 Å². The fraction of sp³-hybridized carbons (Fsp3) is 0.0526. The van der Waals surface area contributed by atoms with Crippen molar-refractivity contribution in [1.29, 1.82) is 0 Å². The summed E-state index contributed by atoms with van der Waals surface area (Å²) in [5.41, 5.74) is 2.77. The molecule has 4 aromatic rings. The first-order chi connectivity index (χ1) is 12.1. The van der Waals surface area contributed by atoms with Crippen LogP contribution in [0.15, 0.2) is 71.8 Å². The van der Waals surface area contributed by atoms with Gasteiger partial charge in [0.05, 0.1) is 12.2 Å². The van der Waals surface area contributed by atoms with Crippen molar-refractivity contribution in [3.8, 4) is 11.3 Å². The van der Waals surface area contributed by atoms with E-state index >= 15 is 0 Å². The van der Waals surface area contributed by atoms with E-state index in [0.717, 1.165) is 11.1 Å². The van der Waals surface area contributed by atoms with E-state index in [0.29, 0.717) is 22.8 Å². The van der Waals surface area contributed by atoms with Gasteiger partial charge in [-0.05, 0) is 35.9 Å². The largest absolute Gasteiger partial charge is 0.308 e. The van der Waals surface area contributed by atoms with Crippen molar-refractivity contribution < 1.29 is 4.39 Å². The van der Waals surface area contributed by atoms with Crippen molar-refractivity contribution in [3.63, 3.8) is 0 Å². The van der Waals surface area contributed by atoms with Crippen molar-refractivity contribution in [1.82, 2.24) is 14.2 Å². The number of benzene rings is 2. The third-order valence-electron chi connectivity index (χ3n) is 4.01. The Balaban J connectivity index is 1.73. The predicted octanol–water partition coefficient (Wildman–Crippen LogP) is 4.00. The summed E-state index contributed by atoms with van der Waals surface area (Å²) in [7, 11) is 0. The molecule has 0 bridgehead atoms. The Morgan fingerprint density at radius 1 is 1.00 bits per heavy atom. The molecular weight excluding hydrogens is 341 g/mol. The van der Waals surface area contributed by atoms with E-state index in [-0.39, 0.29) is 11.4 Å². The van der Waals surface area contributed by atoms with E-state index in [1.807, 2.05) is 12.1 Å². The van der Waals surface area contributed by atoms with E-state index < -0.39 is 0 Å². The summed E-state index contributed by atoms with van der Waals surface area (Å²) in [6.45, 7) is 0.372. The van der Waals surface area contributed by atoms with Crippen molar-refractivity contribution in [2.45, 2.75) is 6.54 Å². The first kappa shape index (κ1) is 15.6. The average Bonchev–Trinajstić information content (AvgIpc) is 3.05. The molecular formula is C19H13ClFN3O. The monoisotopic (exact) mass is 353 g/mol. The second kappa shape index (κ2) is 6.18. The lowest BCUT2D eigenvalue weighted by Gasteiger charge is -2.06. The molecule has 0 unspecified atom stereocenters. The normalized spacial score (nSPS) is 11.1. The predicted molar refractivity (Wildman–Crippen MR) is 95.4 cm³/mol. The Labute approximate surface area is 147 Å². The number of nitrogens with zero attached hydrogens (tertiary/aromatic N) is 3. The third kappa shape index (κ3) is 3.06. The molecule has 0 radical (unpaired) electrons. The molecule has 0 N–H and O–H groups in total. The second-order valence-corrected chi connectivity index (χ2v) is 6.16. The maximum atomic E-state index is 13.0. The molecule has 0 spiro atoms. The zero-order chi connectivity index (χ0) is 17.4. The molecule has 0 aliphatic rings. The Bertz CT molecular complexity index is 1100. The number of hydrogen-bond acceptors (Lipinski definition) is 2. The lowest BCUT2D eigenvalue weighted by molar-refractivity contribution is 0.626. The van der Waals surface area contributed by atoms with Crippen molar-refractivity contribution in [2.75, 3.05) is 0 Å². The standard InChI is InChI=1S/C19H13ClFN3O/c20-15-5-3-14(4-6-15)17-11-18-19(25)23(9-10-24(18)22-17)12-13-1-7-16(21)8-2-13/h1-11H,12H2. The van der Waals surface area contributed by atoms with Gasteiger partial charge in [-0.1, -0.05) is 35.9 Å². The van der Waals surface area contributed by atoms with Crippen LogP contribution in [0.25, 0.3) is 16.8 Å². The van der Waals surface area contributed by atoms with Crippen LogP contribution in [0.5, 0.6) is 0 Å². The highest BCUT2D eigenvalue weighted by Gasteiger charge is 2.09. The Morgan fingerprint density at radius 3 is 2.44 bits per heavy atom. The number of rotatable bonds is 3. The maximum Gasteiger partial charge on any atom is 0.276 e. The smallest absolute Gasteiger partial charge is 0.276 e. The minimum absolute atomic E-state index is 0.153. The quantitative estimate of drug-likeness (QED) is 0.558. The molecule has 0 aliphatic heterocycles. The highest BCUT2D eigenvalue weighted by atomic mass is 35.5. The molecule has 0 atom stereocenters. The van der Waals surface area contributed by atoms with Gasteiger partial charge >= 0.3 is 0 Å². The highest BCUT2D eigenvalue weighted by Crippen LogP contribution is 2.20. The molecule has 0 fully saturated rings. The lowest BCUT2D eigenvalue weighted by Crippen LogP contribution is -2.21. The molecule has 0 aliphatic carbocycles. The zero-order valence-electron chi connectivity index (χ0n) is 13.1. The van der Waals surface area contributed by atoms with Gasteiger partial charge in [0.1, 0.15) is 11.3 Å². The summed E-state index contributed by atoms with van der Waals surface area (Å²) in [6.07, 6.45) is 3.41. The Hall–Kier alpha value is -2.92. The molecule has 124 valence electrons. The summed E-state index contributed by atoms with van der Waals surface area (Å²) in [4.78, 5) is 12.7. The highest BCUT2D eigenvalue weighted by molar-refractivity contribution is 6.30. The van der Waals surface area contributed by atoms with E-state index in [9.17, 15) is 9.18 Å². The minimum atomic E-state index is -0.296. The average molecular weight is 354 g/mol. The van der Waals surface area contributed by atoms with Crippen molar-refractivity contribution >= 4 is 17.1 Å². The van der Waals surface area contributed by atoms with Gasteiger partial charge in [0.15, 0.2) is 0 Å². The summed E-state index contributed by atoms with van der Waals surface area (Å²) < 4.78 is 16.2. The van der Waals surface area contributed by atoms with E-state index in [1.165, 1.54) is 12.1 Å². The third-order valence-corrected chi connectivity index (χ3v) is 4.26. The molecule has 2 aromatic heterocycles. The van der Waals surface area contributed by atoms with Crippen LogP contribution in [0.4, 0.5) is 4.39 Å². The van der Waals surface area contributed by atoms with Gasteiger partial charge in [0, 0.05) is 23.0 Å². The molecule has 4 rings (SSSR count). The molecule has 4 nitrogen and oxygen atoms in total. The maximum absolute atomic E-state index is 13.0. The number of hydrogen-bond donors (Lipinski definition) is 0. The first-order valence-corrected chi connectivity index (χ1v) is 8.07. The molecule has 6 heteroatoms. The van der Waals surface area contributed by atoms with E-state index in [4.69, 9.17) is 11.6 Å². The molecule has 0 saturated carbocycles. The van der Waals surface area contributed by atoms with Gasteiger partial charge in [-0.2, -0.15) is 5.10 Å². The molecule has 2 aromatic carbocycles. The van der Waals surface area contributed by atoms with Gasteiger partial charge < -0.3 is 4.57 Å². The van der Waals surface area contributed by atoms with Crippen molar-refractivity contribution in [2.24, 2.45) is 0 Å². The second-order valence-electron chi connectivity index (χ2n) is 5.72. The van der Waals surface area contributed by atoms with Crippen LogP contribution in [0, 0.1) is 5.82 Å². The topological polar surface area (TPSA) is 39.3 Å². The van der Waals surface area contributed by atoms with Crippen LogP contribution in [0.3, 0.4) is 0 Å². The fourth-order valence-electron chi connectivity index (χ4n) is 2.70. The van der Waals surface area contributed by atoms with Crippen LogP contribution in [0.1, 0.15) is 5.56 Å². The molecule has 0 amide bonds. The first-order valence-electron chi connectivity index (χ1n) is 7.69. The summed E-state index contributed by atoms with van der Waals surface area (Å²) >= 11 is 5.91. The molecule has 2 heterocycles. The summed E-state index contributed by atoms with van der Waals surface area (Å²) in [6, 6.07) is 15.2. The number of halogens is 2. The molecule has 25 heavy (non-hydrogen) atoms. The van der Waals surface area contributed by atoms with Crippen LogP contribution in [0.2, 0.25) is 5.02 Å². The number of aromatic nitrogens is 3. The van der Waals surface area contributed by atoms with Crippen LogP contribution >= 0.6 is 11.6 Å². The van der Waals surface area contributed by atoms with Gasteiger partial charge in [0.25, 0.3) is 5.56 Å². The number of fused-ring (bicyclic) bond motifs is 1. The summed E-state index contributed by atoms with van der Waals surface area (Å²) in [5, 5.41) is 5.09. The van der Waals surface area contributed by atoms with Crippen LogP contribution in [-0.2, 0) is 6.54 Å². The Kier molecular flexibility index (Phi) is 3.86. The Morgan fingerprint density at radius 2 is 1.72 bits per heavy atom. The van der Waals surface area contributed by atoms with Crippen molar-refractivity contribution in [3.05, 3.63) is 93.7 Å². The SMILES string of the molecule is O=c1c2cc(-c3ccc(Cl)cc3)nn2ccn1Cc1ccc(F)cc1. The minimum Gasteiger partial charge on any atom is -0.308 e. The van der Waals surface area contributed by atoms with Crippen LogP contribution < -0.4 is 5.56 Å². The van der Waals surface area contributed by atoms with E-state index in [2.05, 4.69) is 5.10 Å². The summed E-state index contributed by atoms with van der Waals surface area (Å²) in [5.74, 6) is -0.296. The van der Waals surface area contributed by atoms with Gasteiger partial charge in [0.2, 0.25) is 0 Å². The van der Waals surface area contributed by atoms with Gasteiger partial charge in [-0.25, -0.2) is 8.91 Å². The fourth-order valence-corrected chi connectivity index (χ4v) is 2.82.